The fourth-order valence-electron chi connectivity index (χ4n) is 8.30. The van der Waals surface area contributed by atoms with E-state index in [1.54, 1.807) is 0 Å². The summed E-state index contributed by atoms with van der Waals surface area (Å²) in [5.74, 6) is 5.09. The molecular formula is C51H108. The Hall–Kier alpha value is 0. The summed E-state index contributed by atoms with van der Waals surface area (Å²) in [5, 5.41) is 0. The molecule has 0 aliphatic heterocycles. The molecule has 0 N–H and O–H groups in total. The maximum atomic E-state index is 2.39. The van der Waals surface area contributed by atoms with Crippen LogP contribution >= 0.6 is 0 Å². The molecule has 0 radical (unpaired) electrons. The van der Waals surface area contributed by atoms with Gasteiger partial charge in [-0.25, -0.2) is 0 Å². The Labute approximate surface area is 329 Å². The molecule has 0 saturated heterocycles. The van der Waals surface area contributed by atoms with Gasteiger partial charge in [-0.15, -0.1) is 0 Å². The molecule has 0 amide bonds. The first kappa shape index (κ1) is 55.3. The Morgan fingerprint density at radius 3 is 0.333 bits per heavy atom. The monoisotopic (exact) mass is 721 g/mol. The lowest BCUT2D eigenvalue weighted by molar-refractivity contribution is 0.404. The molecule has 0 aromatic rings. The highest BCUT2D eigenvalue weighted by Gasteiger charge is 2.07. The molecule has 5 aliphatic carbocycles. The second-order valence-corrected chi connectivity index (χ2v) is 17.3. The number of hydrogen-bond donors (Lipinski definition) is 0. The van der Waals surface area contributed by atoms with Gasteiger partial charge < -0.3 is 0 Å². The topological polar surface area (TPSA) is 0 Å². The molecule has 0 heterocycles. The highest BCUT2D eigenvalue weighted by atomic mass is 14.1. The summed E-state index contributed by atoms with van der Waals surface area (Å²) in [6.45, 7) is 24.0. The van der Waals surface area contributed by atoms with Crippen LogP contribution in [0.1, 0.15) is 301 Å². The van der Waals surface area contributed by atoms with Crippen molar-refractivity contribution in [3.8, 4) is 0 Å². The molecule has 0 atom stereocenters. The van der Waals surface area contributed by atoms with Gasteiger partial charge in [-0.1, -0.05) is 301 Å². The minimum atomic E-state index is 1.02. The Morgan fingerprint density at radius 1 is 0.157 bits per heavy atom. The average molecular weight is 721 g/mol. The number of hydrogen-bond acceptors (Lipinski definition) is 0. The molecular weight excluding hydrogens is 613 g/mol. The van der Waals surface area contributed by atoms with Gasteiger partial charge in [-0.05, 0) is 29.6 Å². The van der Waals surface area contributed by atoms with E-state index in [1.807, 2.05) is 41.5 Å². The van der Waals surface area contributed by atoms with E-state index in [-0.39, 0.29) is 0 Å². The van der Waals surface area contributed by atoms with Crippen LogP contribution in [0.2, 0.25) is 0 Å². The van der Waals surface area contributed by atoms with Gasteiger partial charge in [0.1, 0.15) is 0 Å². The fraction of sp³-hybridized carbons (Fsp3) is 1.00. The van der Waals surface area contributed by atoms with E-state index in [0.717, 1.165) is 29.6 Å². The predicted octanol–water partition coefficient (Wildman–Crippen LogP) is 19.9. The molecule has 312 valence electrons. The van der Waals surface area contributed by atoms with Crippen LogP contribution in [0, 0.1) is 29.6 Å². The van der Waals surface area contributed by atoms with Gasteiger partial charge in [0.2, 0.25) is 0 Å². The quantitative estimate of drug-likeness (QED) is 0.234. The lowest BCUT2D eigenvalue weighted by Gasteiger charge is -2.13. The molecule has 0 aromatic heterocycles. The van der Waals surface area contributed by atoms with Gasteiger partial charge >= 0.3 is 0 Å². The first-order valence-corrected chi connectivity index (χ1v) is 25.0. The van der Waals surface area contributed by atoms with E-state index in [4.69, 9.17) is 0 Å². The zero-order chi connectivity index (χ0) is 38.6. The zero-order valence-corrected chi connectivity index (χ0v) is 38.6. The van der Waals surface area contributed by atoms with E-state index >= 15 is 0 Å². The third kappa shape index (κ3) is 46.1. The molecule has 5 fully saturated rings. The van der Waals surface area contributed by atoms with Crippen LogP contribution in [-0.4, -0.2) is 0 Å². The van der Waals surface area contributed by atoms with Crippen molar-refractivity contribution in [1.82, 2.24) is 0 Å². The minimum Gasteiger partial charge on any atom is -0.0683 e. The summed E-state index contributed by atoms with van der Waals surface area (Å²) in [6, 6.07) is 0. The van der Waals surface area contributed by atoms with Crippen LogP contribution < -0.4 is 0 Å². The van der Waals surface area contributed by atoms with Crippen LogP contribution in [0.4, 0.5) is 0 Å². The van der Waals surface area contributed by atoms with Gasteiger partial charge in [0, 0.05) is 0 Å². The molecule has 0 bridgehead atoms. The number of rotatable bonds is 0. The fourth-order valence-corrected chi connectivity index (χ4v) is 8.30. The Morgan fingerprint density at radius 2 is 0.235 bits per heavy atom. The van der Waals surface area contributed by atoms with Crippen LogP contribution in [0.25, 0.3) is 0 Å². The lowest BCUT2D eigenvalue weighted by atomic mass is 9.93. The first-order chi connectivity index (χ1) is 25.0. The molecule has 0 spiro atoms. The van der Waals surface area contributed by atoms with Crippen molar-refractivity contribution in [2.45, 2.75) is 301 Å². The van der Waals surface area contributed by atoms with Gasteiger partial charge in [-0.2, -0.15) is 0 Å². The maximum absolute atomic E-state index is 2.39. The average Bonchev–Trinajstić information content (AvgIpc) is 3.10. The normalized spacial score (nSPS) is 22.4. The largest absolute Gasteiger partial charge is 0.0683 e. The predicted molar refractivity (Wildman–Crippen MR) is 241 cm³/mol. The van der Waals surface area contributed by atoms with Crippen LogP contribution in [0.15, 0.2) is 0 Å². The highest BCUT2D eigenvalue weighted by Crippen LogP contribution is 2.24. The van der Waals surface area contributed by atoms with Crippen molar-refractivity contribution in [2.75, 3.05) is 0 Å². The highest BCUT2D eigenvalue weighted by molar-refractivity contribution is 4.61. The summed E-state index contributed by atoms with van der Waals surface area (Å²) < 4.78 is 0. The van der Waals surface area contributed by atoms with E-state index < -0.39 is 0 Å². The van der Waals surface area contributed by atoms with Gasteiger partial charge in [-0.3, -0.25) is 0 Å². The summed E-state index contributed by atoms with van der Waals surface area (Å²) in [7, 11) is 0. The summed E-state index contributed by atoms with van der Waals surface area (Å²) in [4.78, 5) is 0. The van der Waals surface area contributed by atoms with Crippen LogP contribution in [0.5, 0.6) is 0 Å². The van der Waals surface area contributed by atoms with E-state index in [2.05, 4.69) is 34.6 Å². The van der Waals surface area contributed by atoms with Gasteiger partial charge in [0.05, 0.1) is 0 Å². The Balaban J connectivity index is -0.000000544. The SMILES string of the molecule is CC.CC.CC.CC1CCCCCCC1.CC1CCCCCCC1.CC1CCCCCCC1.CC1CCCCCCC1.CC1CCCCCCC1. The van der Waals surface area contributed by atoms with Gasteiger partial charge in [0.15, 0.2) is 0 Å². The molecule has 51 heavy (non-hydrogen) atoms. The third-order valence-electron chi connectivity index (χ3n) is 12.0. The molecule has 5 aliphatic rings. The summed E-state index contributed by atoms with van der Waals surface area (Å²) >= 11 is 0. The van der Waals surface area contributed by atoms with E-state index in [0.29, 0.717) is 0 Å². The van der Waals surface area contributed by atoms with Crippen LogP contribution in [0.3, 0.4) is 0 Å². The van der Waals surface area contributed by atoms with E-state index in [9.17, 15) is 0 Å². The van der Waals surface area contributed by atoms with Crippen molar-refractivity contribution < 1.29 is 0 Å². The molecule has 0 aromatic carbocycles. The molecule has 0 unspecified atom stereocenters. The minimum absolute atomic E-state index is 1.02. The third-order valence-corrected chi connectivity index (χ3v) is 12.0. The lowest BCUT2D eigenvalue weighted by Crippen LogP contribution is -1.97. The second kappa shape index (κ2) is 48.0. The molecule has 0 heteroatoms. The summed E-state index contributed by atoms with van der Waals surface area (Å²) in [6.07, 6.45) is 52.1. The standard InChI is InChI=1S/5C9H18.3C2H6/c5*1-9-7-5-3-2-4-6-8-9;3*1-2/h5*9H,2-8H2,1H3;3*1-2H3. The Bertz CT molecular complexity index is 408. The van der Waals surface area contributed by atoms with Crippen molar-refractivity contribution >= 4 is 0 Å². The second-order valence-electron chi connectivity index (χ2n) is 17.3. The first-order valence-electron chi connectivity index (χ1n) is 25.0. The molecule has 5 rings (SSSR count). The van der Waals surface area contributed by atoms with Crippen molar-refractivity contribution in [3.63, 3.8) is 0 Å². The van der Waals surface area contributed by atoms with Gasteiger partial charge in [0.25, 0.3) is 0 Å². The Kier molecular flexibility index (Phi) is 52.1. The maximum Gasteiger partial charge on any atom is -0.0443 e. The van der Waals surface area contributed by atoms with Crippen molar-refractivity contribution in [3.05, 3.63) is 0 Å². The molecule has 5 saturated carbocycles. The molecule has 0 nitrogen and oxygen atoms in total. The van der Waals surface area contributed by atoms with Crippen LogP contribution in [-0.2, 0) is 0 Å². The van der Waals surface area contributed by atoms with E-state index in [1.165, 1.54) is 225 Å². The zero-order valence-electron chi connectivity index (χ0n) is 38.6. The smallest absolute Gasteiger partial charge is 0.0443 e. The van der Waals surface area contributed by atoms with Crippen molar-refractivity contribution in [1.29, 1.82) is 0 Å². The van der Waals surface area contributed by atoms with Crippen molar-refractivity contribution in [2.24, 2.45) is 29.6 Å². The summed E-state index contributed by atoms with van der Waals surface area (Å²) in [5.41, 5.74) is 0.